The third-order valence-electron chi connectivity index (χ3n) is 11.4. The van der Waals surface area contributed by atoms with Crippen LogP contribution in [0.15, 0.2) is 122 Å². The molecule has 66 heavy (non-hydrogen) atoms. The van der Waals surface area contributed by atoms with Crippen molar-refractivity contribution in [1.29, 1.82) is 0 Å². The lowest BCUT2D eigenvalue weighted by Crippen LogP contribution is -2.46. The Kier molecular flexibility index (Phi) is 49.3. The highest BCUT2D eigenvalue weighted by Crippen LogP contribution is 2.16. The van der Waals surface area contributed by atoms with Gasteiger partial charge < -0.3 is 20.3 Å². The van der Waals surface area contributed by atoms with Crippen LogP contribution in [0.2, 0.25) is 0 Å². The summed E-state index contributed by atoms with van der Waals surface area (Å²) in [6.45, 7) is 6.29. The standard InChI is InChI=1S/C60H99NO5/c1-4-7-10-13-16-19-22-25-27-29-30-31-33-35-38-41-44-47-50-53-60(65)66-56(51-48-45-42-39-36-34-32-28-26-23-20-17-14-11-8-5-2)54-59(64)61-57(55-62)58(63)52-49-46-43-40-37-24-21-18-15-12-9-6-3/h7,10,16-17,19-20,23,25-28,30-32,34-36,38,44,47,56-58,62-63H,4-6,8-9,11-15,18,21-22,24,29,33,37,39-43,45-46,48-55H2,1-3H3,(H,61,64)/b10-7-,19-16-,20-17+,26-23+,27-25-,31-30-,32-28+,36-34+,38-35-,47-44-. The fourth-order valence-electron chi connectivity index (χ4n) is 7.35. The van der Waals surface area contributed by atoms with Crippen molar-refractivity contribution in [3.8, 4) is 0 Å². The number of unbranched alkanes of at least 4 members (excludes halogenated alkanes) is 17. The Bertz CT molecular complexity index is 1390. The summed E-state index contributed by atoms with van der Waals surface area (Å²) in [7, 11) is 0. The zero-order valence-electron chi connectivity index (χ0n) is 42.5. The molecule has 0 aromatic rings. The first-order valence-electron chi connectivity index (χ1n) is 26.8. The van der Waals surface area contributed by atoms with Crippen molar-refractivity contribution in [2.75, 3.05) is 6.61 Å². The van der Waals surface area contributed by atoms with Crippen LogP contribution in [0.3, 0.4) is 0 Å². The quantitative estimate of drug-likeness (QED) is 0.0245. The number of amides is 1. The topological polar surface area (TPSA) is 95.9 Å². The number of esters is 1. The Morgan fingerprint density at radius 2 is 0.879 bits per heavy atom. The van der Waals surface area contributed by atoms with Crippen LogP contribution in [0.25, 0.3) is 0 Å². The first-order valence-corrected chi connectivity index (χ1v) is 26.8. The number of allylic oxidation sites excluding steroid dienone is 20. The molecule has 0 rings (SSSR count). The lowest BCUT2D eigenvalue weighted by molar-refractivity contribution is -0.150. The summed E-state index contributed by atoms with van der Waals surface area (Å²) in [4.78, 5) is 26.2. The average molecular weight is 914 g/mol. The summed E-state index contributed by atoms with van der Waals surface area (Å²) in [5.74, 6) is -0.623. The van der Waals surface area contributed by atoms with E-state index in [0.717, 1.165) is 89.9 Å². The summed E-state index contributed by atoms with van der Waals surface area (Å²) < 4.78 is 5.88. The van der Waals surface area contributed by atoms with Gasteiger partial charge in [0.1, 0.15) is 6.10 Å². The molecule has 0 fully saturated rings. The van der Waals surface area contributed by atoms with Gasteiger partial charge in [-0.25, -0.2) is 0 Å². The van der Waals surface area contributed by atoms with Gasteiger partial charge in [0.15, 0.2) is 0 Å². The summed E-state index contributed by atoms with van der Waals surface area (Å²) in [6, 6.07) is -0.738. The van der Waals surface area contributed by atoms with Crippen molar-refractivity contribution in [1.82, 2.24) is 5.32 Å². The Morgan fingerprint density at radius 1 is 0.470 bits per heavy atom. The van der Waals surface area contributed by atoms with Gasteiger partial charge in [0.25, 0.3) is 0 Å². The minimum Gasteiger partial charge on any atom is -0.462 e. The van der Waals surface area contributed by atoms with Crippen LogP contribution < -0.4 is 5.32 Å². The van der Waals surface area contributed by atoms with E-state index in [1.165, 1.54) is 77.0 Å². The van der Waals surface area contributed by atoms with E-state index < -0.39 is 18.2 Å². The molecule has 0 aromatic heterocycles. The molecule has 0 radical (unpaired) electrons. The van der Waals surface area contributed by atoms with Gasteiger partial charge in [-0.15, -0.1) is 0 Å². The third kappa shape index (κ3) is 46.8. The van der Waals surface area contributed by atoms with Gasteiger partial charge >= 0.3 is 5.97 Å². The maximum absolute atomic E-state index is 13.2. The van der Waals surface area contributed by atoms with E-state index in [-0.39, 0.29) is 31.3 Å². The van der Waals surface area contributed by atoms with Crippen molar-refractivity contribution in [2.45, 2.75) is 238 Å². The van der Waals surface area contributed by atoms with Gasteiger partial charge in [-0.3, -0.25) is 9.59 Å². The first kappa shape index (κ1) is 62.3. The van der Waals surface area contributed by atoms with Crippen molar-refractivity contribution >= 4 is 11.9 Å². The van der Waals surface area contributed by atoms with Crippen LogP contribution >= 0.6 is 0 Å². The van der Waals surface area contributed by atoms with E-state index in [1.54, 1.807) is 0 Å². The SMILES string of the molecule is CC/C=C\C/C=C\C/C=C\C/C=C\C/C=C\C/C=C\CCC(=O)OC(CCCCC/C=C/C=C/C=C/C=C/CCCCC)CC(=O)NC(CO)C(O)CCCCCCCCCCCCCC. The fraction of sp³-hybridized carbons (Fsp3) is 0.633. The monoisotopic (exact) mass is 914 g/mol. The van der Waals surface area contributed by atoms with E-state index in [0.29, 0.717) is 19.3 Å². The number of aliphatic hydroxyl groups excluding tert-OH is 2. The molecule has 0 aliphatic heterocycles. The van der Waals surface area contributed by atoms with Gasteiger partial charge in [0, 0.05) is 6.42 Å². The molecule has 0 aliphatic carbocycles. The highest BCUT2D eigenvalue weighted by atomic mass is 16.5. The van der Waals surface area contributed by atoms with Crippen molar-refractivity contribution < 1.29 is 24.5 Å². The number of aliphatic hydroxyl groups is 2. The molecule has 0 aromatic carbocycles. The van der Waals surface area contributed by atoms with E-state index >= 15 is 0 Å². The van der Waals surface area contributed by atoms with Crippen molar-refractivity contribution in [3.63, 3.8) is 0 Å². The predicted octanol–water partition coefficient (Wildman–Crippen LogP) is 16.5. The number of hydrogen-bond acceptors (Lipinski definition) is 5. The third-order valence-corrected chi connectivity index (χ3v) is 11.4. The van der Waals surface area contributed by atoms with Crippen LogP contribution in [0.5, 0.6) is 0 Å². The number of hydrogen-bond donors (Lipinski definition) is 3. The van der Waals surface area contributed by atoms with Gasteiger partial charge in [-0.1, -0.05) is 239 Å². The van der Waals surface area contributed by atoms with Gasteiger partial charge in [-0.05, 0) is 89.9 Å². The minimum absolute atomic E-state index is 0.0135. The highest BCUT2D eigenvalue weighted by molar-refractivity contribution is 5.77. The fourth-order valence-corrected chi connectivity index (χ4v) is 7.35. The van der Waals surface area contributed by atoms with E-state index in [2.05, 4.69) is 123 Å². The normalized spacial score (nSPS) is 14.2. The summed E-state index contributed by atoms with van der Waals surface area (Å²) in [6.07, 6.45) is 72.6. The highest BCUT2D eigenvalue weighted by Gasteiger charge is 2.24. The number of carbonyl (C=O) groups excluding carboxylic acids is 2. The maximum Gasteiger partial charge on any atom is 0.306 e. The van der Waals surface area contributed by atoms with Crippen molar-refractivity contribution in [2.24, 2.45) is 0 Å². The summed E-state index contributed by atoms with van der Waals surface area (Å²) in [5.41, 5.74) is 0. The van der Waals surface area contributed by atoms with Crippen LogP contribution in [0, 0.1) is 0 Å². The Morgan fingerprint density at radius 3 is 1.38 bits per heavy atom. The van der Waals surface area contributed by atoms with Gasteiger partial charge in [0.05, 0.1) is 25.2 Å². The lowest BCUT2D eigenvalue weighted by Gasteiger charge is -2.24. The average Bonchev–Trinajstić information content (AvgIpc) is 3.31. The maximum atomic E-state index is 13.2. The zero-order valence-corrected chi connectivity index (χ0v) is 42.5. The molecule has 0 heterocycles. The Balaban J connectivity index is 4.82. The molecule has 6 nitrogen and oxygen atoms in total. The van der Waals surface area contributed by atoms with E-state index in [4.69, 9.17) is 4.74 Å². The molecule has 6 heteroatoms. The summed E-state index contributed by atoms with van der Waals surface area (Å²) >= 11 is 0. The van der Waals surface area contributed by atoms with Gasteiger partial charge in [0.2, 0.25) is 5.91 Å². The first-order chi connectivity index (χ1) is 32.5. The number of carbonyl (C=O) groups is 2. The van der Waals surface area contributed by atoms with Crippen LogP contribution in [-0.4, -0.2) is 46.9 Å². The molecule has 0 spiro atoms. The second-order valence-electron chi connectivity index (χ2n) is 17.6. The molecule has 0 bridgehead atoms. The number of ether oxygens (including phenoxy) is 1. The minimum atomic E-state index is -0.819. The van der Waals surface area contributed by atoms with E-state index in [1.807, 2.05) is 24.3 Å². The molecular weight excluding hydrogens is 815 g/mol. The molecular formula is C60H99NO5. The second kappa shape index (κ2) is 52.2. The van der Waals surface area contributed by atoms with Crippen LogP contribution in [0.1, 0.15) is 220 Å². The smallest absolute Gasteiger partial charge is 0.306 e. The Labute approximate surface area is 406 Å². The van der Waals surface area contributed by atoms with Crippen LogP contribution in [0.4, 0.5) is 0 Å². The zero-order chi connectivity index (χ0) is 48.1. The predicted molar refractivity (Wildman–Crippen MR) is 286 cm³/mol. The van der Waals surface area contributed by atoms with Crippen molar-refractivity contribution in [3.05, 3.63) is 122 Å². The summed E-state index contributed by atoms with van der Waals surface area (Å²) in [5, 5.41) is 23.8. The molecule has 3 unspecified atom stereocenters. The Hall–Kier alpha value is -3.74. The van der Waals surface area contributed by atoms with Gasteiger partial charge in [-0.2, -0.15) is 0 Å². The molecule has 3 N–H and O–H groups in total. The van der Waals surface area contributed by atoms with E-state index in [9.17, 15) is 19.8 Å². The van der Waals surface area contributed by atoms with Crippen LogP contribution in [-0.2, 0) is 14.3 Å². The number of rotatable bonds is 46. The molecule has 0 saturated heterocycles. The molecule has 0 saturated carbocycles. The largest absolute Gasteiger partial charge is 0.462 e. The molecule has 374 valence electrons. The second-order valence-corrected chi connectivity index (χ2v) is 17.6. The molecule has 1 amide bonds. The molecule has 3 atom stereocenters. The number of nitrogens with one attached hydrogen (secondary N) is 1. The molecule has 0 aliphatic rings. The lowest BCUT2D eigenvalue weighted by atomic mass is 10.0.